The minimum atomic E-state index is -0.984. The van der Waals surface area contributed by atoms with Crippen LogP contribution in [0, 0.1) is 0 Å². The zero-order valence-electron chi connectivity index (χ0n) is 25.1. The zero-order valence-corrected chi connectivity index (χ0v) is 25.1. The third kappa shape index (κ3) is 7.35. The van der Waals surface area contributed by atoms with Gasteiger partial charge in [-0.15, -0.1) is 0 Å². The minimum Gasteiger partial charge on any atom is -0.506 e. The van der Waals surface area contributed by atoms with Gasteiger partial charge in [0, 0.05) is 36.7 Å². The van der Waals surface area contributed by atoms with E-state index in [-0.39, 0.29) is 17.2 Å². The van der Waals surface area contributed by atoms with Crippen molar-refractivity contribution >= 4 is 22.8 Å². The molecule has 4 aromatic rings. The largest absolute Gasteiger partial charge is 0.506 e. The Hall–Kier alpha value is -4.67. The third-order valence-corrected chi connectivity index (χ3v) is 8.59. The average Bonchev–Trinajstić information content (AvgIpc) is 3.06. The second-order valence-electron chi connectivity index (χ2n) is 11.5. The van der Waals surface area contributed by atoms with Crippen molar-refractivity contribution in [3.63, 3.8) is 0 Å². The van der Waals surface area contributed by atoms with Gasteiger partial charge in [0.1, 0.15) is 11.5 Å². The number of likely N-dealkylation sites (tertiary alicyclic amines) is 1. The van der Waals surface area contributed by atoms with E-state index in [9.17, 15) is 29.7 Å². The second-order valence-corrected chi connectivity index (χ2v) is 11.5. The number of H-pyrrole nitrogens is 1. The fraction of sp³-hybridized carbons (Fsp3) is 0.343. The number of piperidine rings is 1. The molecule has 0 unspecified atom stereocenters. The van der Waals surface area contributed by atoms with Gasteiger partial charge in [0.2, 0.25) is 5.56 Å². The zero-order chi connectivity index (χ0) is 31.8. The first-order chi connectivity index (χ1) is 21.8. The molecule has 0 spiro atoms. The summed E-state index contributed by atoms with van der Waals surface area (Å²) >= 11 is 0. The van der Waals surface area contributed by atoms with Crippen LogP contribution in [0.25, 0.3) is 10.9 Å². The van der Waals surface area contributed by atoms with Crippen molar-refractivity contribution in [1.29, 1.82) is 0 Å². The number of aromatic nitrogens is 1. The maximum atomic E-state index is 13.3. The number of aromatic hydroxyl groups is 1. The van der Waals surface area contributed by atoms with Crippen LogP contribution in [-0.4, -0.2) is 69.9 Å². The molecular formula is C35H39N3O7. The van der Waals surface area contributed by atoms with Crippen LogP contribution in [0.4, 0.5) is 0 Å². The lowest BCUT2D eigenvalue weighted by molar-refractivity contribution is -0.145. The number of carboxylic acids is 1. The first-order valence-electron chi connectivity index (χ1n) is 15.3. The number of nitrogens with one attached hydrogen (secondary N) is 2. The van der Waals surface area contributed by atoms with Gasteiger partial charge in [0.15, 0.2) is 0 Å². The van der Waals surface area contributed by atoms with Crippen LogP contribution < -0.4 is 15.6 Å². The Morgan fingerprint density at radius 2 is 1.73 bits per heavy atom. The van der Waals surface area contributed by atoms with Gasteiger partial charge < -0.3 is 35.3 Å². The fourth-order valence-corrected chi connectivity index (χ4v) is 5.99. The lowest BCUT2D eigenvalue weighted by Crippen LogP contribution is -2.49. The molecule has 1 aliphatic rings. The second kappa shape index (κ2) is 14.4. The number of phenols is 1. The molecule has 0 aliphatic carbocycles. The number of nitrogens with zero attached hydrogens (tertiary/aromatic N) is 1. The summed E-state index contributed by atoms with van der Waals surface area (Å²) < 4.78 is 5.91. The number of carbonyl (C=O) groups is 2. The van der Waals surface area contributed by atoms with Gasteiger partial charge in [0.25, 0.3) is 5.91 Å². The maximum absolute atomic E-state index is 13.3. The predicted octanol–water partition coefficient (Wildman–Crippen LogP) is 4.36. The number of hydrogen-bond acceptors (Lipinski definition) is 7. The number of fused-ring (bicyclic) bond motifs is 1. The smallest absolute Gasteiger partial charge is 0.314 e. The molecule has 1 atom stereocenters. The number of benzene rings is 3. The van der Waals surface area contributed by atoms with Gasteiger partial charge in [-0.3, -0.25) is 14.4 Å². The average molecular weight is 614 g/mol. The molecule has 3 aromatic carbocycles. The Kier molecular flexibility index (Phi) is 10.2. The predicted molar refractivity (Wildman–Crippen MR) is 171 cm³/mol. The molecule has 0 saturated carbocycles. The van der Waals surface area contributed by atoms with Crippen molar-refractivity contribution in [2.75, 3.05) is 32.8 Å². The number of carboxylic acid groups (broad SMARTS) is 1. The van der Waals surface area contributed by atoms with Crippen molar-refractivity contribution in [1.82, 2.24) is 15.2 Å². The van der Waals surface area contributed by atoms with Gasteiger partial charge in [0.05, 0.1) is 23.6 Å². The number of aromatic amines is 1. The number of hydrogen-bond donors (Lipinski definition) is 5. The van der Waals surface area contributed by atoms with E-state index in [1.165, 1.54) is 12.1 Å². The molecule has 1 fully saturated rings. The number of aliphatic hydroxyl groups excluding tert-OH is 1. The van der Waals surface area contributed by atoms with Gasteiger partial charge in [-0.25, -0.2) is 0 Å². The van der Waals surface area contributed by atoms with Gasteiger partial charge >= 0.3 is 5.97 Å². The molecule has 10 nitrogen and oxygen atoms in total. The first-order valence-corrected chi connectivity index (χ1v) is 15.3. The summed E-state index contributed by atoms with van der Waals surface area (Å²) in [6, 6.07) is 22.5. The van der Waals surface area contributed by atoms with E-state index in [1.807, 2.05) is 36.4 Å². The minimum absolute atomic E-state index is 0.0400. The highest BCUT2D eigenvalue weighted by molar-refractivity contribution is 5.95. The molecule has 5 rings (SSSR count). The van der Waals surface area contributed by atoms with Crippen molar-refractivity contribution in [3.8, 4) is 11.5 Å². The topological polar surface area (TPSA) is 152 Å². The number of amides is 1. The van der Waals surface area contributed by atoms with E-state index < -0.39 is 17.5 Å². The number of pyridine rings is 1. The summed E-state index contributed by atoms with van der Waals surface area (Å²) in [6.45, 7) is 2.26. The number of phenolic OH excluding ortho intramolecular Hbond substituents is 1. The van der Waals surface area contributed by atoms with Crippen molar-refractivity contribution in [2.45, 2.75) is 43.6 Å². The van der Waals surface area contributed by atoms with Crippen molar-refractivity contribution in [3.05, 3.63) is 106 Å². The summed E-state index contributed by atoms with van der Waals surface area (Å²) in [6.07, 6.45) is 2.53. The number of unbranched alkanes of at least 4 members (excludes halogenated alkanes) is 2. The van der Waals surface area contributed by atoms with Crippen LogP contribution in [0.2, 0.25) is 0 Å². The fourth-order valence-electron chi connectivity index (χ4n) is 5.99. The van der Waals surface area contributed by atoms with E-state index in [2.05, 4.69) is 10.3 Å². The summed E-state index contributed by atoms with van der Waals surface area (Å²) in [7, 11) is 0. The molecule has 1 aliphatic heterocycles. The Morgan fingerprint density at radius 3 is 2.49 bits per heavy atom. The SMILES string of the molecule is O=C(c1cccc(OCCCCCNC[C@H](O)c2ccc(O)c3[nH]c(=O)ccc23)c1)N1CCC(C(=O)O)(c2ccccc2)CC1. The van der Waals surface area contributed by atoms with Crippen LogP contribution in [-0.2, 0) is 10.2 Å². The quantitative estimate of drug-likeness (QED) is 0.140. The van der Waals surface area contributed by atoms with Gasteiger partial charge in [-0.05, 0) is 80.1 Å². The van der Waals surface area contributed by atoms with Gasteiger partial charge in [-0.1, -0.05) is 42.5 Å². The molecule has 5 N–H and O–H groups in total. The summed E-state index contributed by atoms with van der Waals surface area (Å²) in [4.78, 5) is 41.4. The lowest BCUT2D eigenvalue weighted by Gasteiger charge is -2.39. The highest BCUT2D eigenvalue weighted by Gasteiger charge is 2.43. The maximum Gasteiger partial charge on any atom is 0.314 e. The molecule has 1 amide bonds. The van der Waals surface area contributed by atoms with Crippen LogP contribution in [0.3, 0.4) is 0 Å². The molecule has 1 saturated heterocycles. The Balaban J connectivity index is 1.02. The number of aliphatic hydroxyl groups is 1. The summed E-state index contributed by atoms with van der Waals surface area (Å²) in [5.41, 5.74) is 0.927. The standard InChI is InChI=1S/C35H39N3O7/c39-29-14-12-27(28-13-15-31(41)37-32(28)29)30(40)23-36-18-5-2-6-21-45-26-11-7-8-24(22-26)33(42)38-19-16-35(17-20-38,34(43)44)25-9-3-1-4-10-25/h1,3-4,7-15,22,30,36,39-40H,2,5-6,16-21,23H2,(H,37,41)(H,43,44)/t30-/m0/s1. The van der Waals surface area contributed by atoms with Crippen LogP contribution in [0.15, 0.2) is 83.7 Å². The van der Waals surface area contributed by atoms with Gasteiger partial charge in [-0.2, -0.15) is 0 Å². The third-order valence-electron chi connectivity index (χ3n) is 8.59. The Morgan fingerprint density at radius 1 is 0.956 bits per heavy atom. The van der Waals surface area contributed by atoms with E-state index in [4.69, 9.17) is 4.74 Å². The lowest BCUT2D eigenvalue weighted by atomic mass is 9.73. The van der Waals surface area contributed by atoms with E-state index in [0.717, 1.165) is 24.8 Å². The highest BCUT2D eigenvalue weighted by atomic mass is 16.5. The molecule has 45 heavy (non-hydrogen) atoms. The normalized spacial score (nSPS) is 15.1. The molecule has 0 bridgehead atoms. The number of carbonyl (C=O) groups excluding carboxylic acids is 1. The Bertz CT molecular complexity index is 1680. The number of rotatable bonds is 13. The molecule has 236 valence electrons. The number of aliphatic carboxylic acids is 1. The van der Waals surface area contributed by atoms with Crippen molar-refractivity contribution < 1.29 is 29.6 Å². The molecule has 0 radical (unpaired) electrons. The number of ether oxygens (including phenoxy) is 1. The van der Waals surface area contributed by atoms with E-state index in [1.54, 1.807) is 35.2 Å². The van der Waals surface area contributed by atoms with Crippen molar-refractivity contribution in [2.24, 2.45) is 0 Å². The summed E-state index contributed by atoms with van der Waals surface area (Å²) in [5, 5.41) is 34.6. The highest BCUT2D eigenvalue weighted by Crippen LogP contribution is 2.36. The molecule has 10 heteroatoms. The molecule has 1 aromatic heterocycles. The first kappa shape index (κ1) is 31.7. The van der Waals surface area contributed by atoms with E-state index >= 15 is 0 Å². The summed E-state index contributed by atoms with van der Waals surface area (Å²) in [5.74, 6) is -0.408. The van der Waals surface area contributed by atoms with E-state index in [0.29, 0.717) is 73.4 Å². The van der Waals surface area contributed by atoms with Crippen LogP contribution in [0.1, 0.15) is 59.7 Å². The monoisotopic (exact) mass is 613 g/mol. The molecule has 2 heterocycles. The Labute approximate surface area is 261 Å². The van der Waals surface area contributed by atoms with Crippen LogP contribution >= 0.6 is 0 Å². The van der Waals surface area contributed by atoms with Crippen LogP contribution in [0.5, 0.6) is 11.5 Å². The molecular weight excluding hydrogens is 574 g/mol.